The van der Waals surface area contributed by atoms with Crippen LogP contribution in [-0.2, 0) is 13.0 Å². The van der Waals surface area contributed by atoms with E-state index in [1.165, 1.54) is 0 Å². The molecule has 0 radical (unpaired) electrons. The summed E-state index contributed by atoms with van der Waals surface area (Å²) < 4.78 is 0. The van der Waals surface area contributed by atoms with Gasteiger partial charge in [-0.3, -0.25) is 0 Å². The van der Waals surface area contributed by atoms with Crippen molar-refractivity contribution < 1.29 is 5.11 Å². The highest BCUT2D eigenvalue weighted by Crippen LogP contribution is 2.20. The fraction of sp³-hybridized carbons (Fsp3) is 0.200. The largest absolute Gasteiger partial charge is 0.399 e. The molecule has 0 spiro atoms. The lowest BCUT2D eigenvalue weighted by atomic mass is 10.1. The van der Waals surface area contributed by atoms with Crippen molar-refractivity contribution in [1.29, 1.82) is 0 Å². The molecule has 0 aliphatic rings. The lowest BCUT2D eigenvalue weighted by Crippen LogP contribution is -2.30. The van der Waals surface area contributed by atoms with Crippen LogP contribution < -0.4 is 22.3 Å². The van der Waals surface area contributed by atoms with Crippen molar-refractivity contribution in [3.05, 3.63) is 53.6 Å². The summed E-state index contributed by atoms with van der Waals surface area (Å²) in [7, 11) is 0. The highest BCUT2D eigenvalue weighted by atomic mass is 16.2. The van der Waals surface area contributed by atoms with E-state index in [2.05, 4.69) is 0 Å². The number of benzene rings is 2. The quantitative estimate of drug-likeness (QED) is 0.373. The van der Waals surface area contributed by atoms with E-state index in [1.54, 1.807) is 17.1 Å². The summed E-state index contributed by atoms with van der Waals surface area (Å²) >= 11 is 0. The van der Waals surface area contributed by atoms with Crippen LogP contribution in [0.25, 0.3) is 0 Å². The summed E-state index contributed by atoms with van der Waals surface area (Å²) in [4.78, 5) is 0. The van der Waals surface area contributed by atoms with Crippen molar-refractivity contribution in [2.45, 2.75) is 13.0 Å². The first kappa shape index (κ1) is 14.2. The number of aliphatic hydroxyl groups excluding tert-OH is 1. The Morgan fingerprint density at radius 2 is 1.85 bits per heavy atom. The third-order valence-electron chi connectivity index (χ3n) is 3.15. The van der Waals surface area contributed by atoms with Crippen LogP contribution in [0.3, 0.4) is 0 Å². The molecule has 106 valence electrons. The van der Waals surface area contributed by atoms with E-state index < -0.39 is 0 Å². The molecule has 0 aromatic heterocycles. The molecule has 2 aromatic rings. The molecule has 2 aromatic carbocycles. The number of anilines is 3. The summed E-state index contributed by atoms with van der Waals surface area (Å²) in [6, 6.07) is 13.1. The molecule has 0 bridgehead atoms. The van der Waals surface area contributed by atoms with Gasteiger partial charge in [0.05, 0.1) is 12.2 Å². The molecule has 0 aliphatic heterocycles. The molecule has 5 heteroatoms. The average Bonchev–Trinajstić information content (AvgIpc) is 2.43. The van der Waals surface area contributed by atoms with Gasteiger partial charge in [-0.15, -0.1) is 0 Å². The molecule has 2 rings (SSSR count). The molecule has 0 unspecified atom stereocenters. The summed E-state index contributed by atoms with van der Waals surface area (Å²) in [5.41, 5.74) is 15.8. The van der Waals surface area contributed by atoms with Gasteiger partial charge < -0.3 is 21.6 Å². The van der Waals surface area contributed by atoms with Gasteiger partial charge in [-0.05, 0) is 47.9 Å². The molecule has 0 atom stereocenters. The molecular formula is C15H20N4O. The number of hydrazine groups is 1. The minimum atomic E-state index is 0.121. The number of hydrogen-bond acceptors (Lipinski definition) is 5. The van der Waals surface area contributed by atoms with Crippen LogP contribution in [0.2, 0.25) is 0 Å². The Bertz CT molecular complexity index is 586. The van der Waals surface area contributed by atoms with Crippen LogP contribution in [-0.4, -0.2) is 11.7 Å². The van der Waals surface area contributed by atoms with Crippen LogP contribution in [0.1, 0.15) is 11.1 Å². The maximum atomic E-state index is 8.98. The molecule has 7 N–H and O–H groups in total. The Labute approximate surface area is 118 Å². The van der Waals surface area contributed by atoms with Crippen molar-refractivity contribution in [2.75, 3.05) is 23.1 Å². The van der Waals surface area contributed by atoms with Crippen LogP contribution >= 0.6 is 0 Å². The first-order chi connectivity index (χ1) is 9.60. The van der Waals surface area contributed by atoms with Crippen molar-refractivity contribution >= 4 is 17.1 Å². The molecule has 0 fully saturated rings. The predicted octanol–water partition coefficient (Wildman–Crippen LogP) is 1.27. The third-order valence-corrected chi connectivity index (χ3v) is 3.15. The van der Waals surface area contributed by atoms with Gasteiger partial charge in [-0.1, -0.05) is 12.1 Å². The zero-order valence-electron chi connectivity index (χ0n) is 11.3. The standard InChI is InChI=1S/C15H20N4O/c16-13-4-5-15(17)12(9-13)10-19(18)14-3-1-2-11(8-14)6-7-20/h1-5,8-9,20H,6-7,10,16-18H2. The van der Waals surface area contributed by atoms with Gasteiger partial charge in [0, 0.05) is 18.0 Å². The monoisotopic (exact) mass is 272 g/mol. The van der Waals surface area contributed by atoms with Gasteiger partial charge in [-0.25, -0.2) is 5.84 Å². The van der Waals surface area contributed by atoms with Gasteiger partial charge in [0.1, 0.15) is 0 Å². The van der Waals surface area contributed by atoms with E-state index >= 15 is 0 Å². The Morgan fingerprint density at radius 1 is 1.05 bits per heavy atom. The van der Waals surface area contributed by atoms with Gasteiger partial charge in [0.25, 0.3) is 0 Å². The first-order valence-corrected chi connectivity index (χ1v) is 6.46. The second-order valence-electron chi connectivity index (χ2n) is 4.73. The smallest absolute Gasteiger partial charge is 0.0613 e. The molecule has 0 heterocycles. The van der Waals surface area contributed by atoms with Crippen molar-refractivity contribution in [1.82, 2.24) is 0 Å². The lowest BCUT2D eigenvalue weighted by molar-refractivity contribution is 0.299. The SMILES string of the molecule is Nc1ccc(N)c(CN(N)c2cccc(CCO)c2)c1. The maximum Gasteiger partial charge on any atom is 0.0613 e. The lowest BCUT2D eigenvalue weighted by Gasteiger charge is -2.20. The molecule has 0 saturated heterocycles. The van der Waals surface area contributed by atoms with Gasteiger partial charge in [-0.2, -0.15) is 0 Å². The molecule has 5 nitrogen and oxygen atoms in total. The first-order valence-electron chi connectivity index (χ1n) is 6.46. The van der Waals surface area contributed by atoms with E-state index in [1.807, 2.05) is 30.3 Å². The second-order valence-corrected chi connectivity index (χ2v) is 4.73. The van der Waals surface area contributed by atoms with E-state index in [-0.39, 0.29) is 6.61 Å². The normalized spacial score (nSPS) is 10.5. The molecule has 0 amide bonds. The van der Waals surface area contributed by atoms with Crippen molar-refractivity contribution in [2.24, 2.45) is 5.84 Å². The van der Waals surface area contributed by atoms with E-state index in [4.69, 9.17) is 22.4 Å². The second kappa shape index (κ2) is 6.27. The topological polar surface area (TPSA) is 102 Å². The number of aliphatic hydroxyl groups is 1. The Morgan fingerprint density at radius 3 is 2.60 bits per heavy atom. The molecule has 0 aliphatic carbocycles. The zero-order chi connectivity index (χ0) is 14.5. The highest BCUT2D eigenvalue weighted by Gasteiger charge is 2.07. The summed E-state index contributed by atoms with van der Waals surface area (Å²) in [6.45, 7) is 0.593. The van der Waals surface area contributed by atoms with Gasteiger partial charge >= 0.3 is 0 Å². The van der Waals surface area contributed by atoms with Crippen LogP contribution in [0, 0.1) is 0 Å². The van der Waals surface area contributed by atoms with E-state index in [0.29, 0.717) is 24.3 Å². The minimum Gasteiger partial charge on any atom is -0.399 e. The number of hydrogen-bond donors (Lipinski definition) is 4. The number of rotatable bonds is 5. The van der Waals surface area contributed by atoms with Gasteiger partial charge in [0.2, 0.25) is 0 Å². The molecule has 0 saturated carbocycles. The van der Waals surface area contributed by atoms with Crippen molar-refractivity contribution in [3.8, 4) is 0 Å². The third kappa shape index (κ3) is 3.40. The minimum absolute atomic E-state index is 0.121. The predicted molar refractivity (Wildman–Crippen MR) is 82.9 cm³/mol. The maximum absolute atomic E-state index is 8.98. The van der Waals surface area contributed by atoms with Gasteiger partial charge in [0.15, 0.2) is 0 Å². The molecular weight excluding hydrogens is 252 g/mol. The van der Waals surface area contributed by atoms with E-state index in [9.17, 15) is 0 Å². The summed E-state index contributed by atoms with van der Waals surface area (Å²) in [5.74, 6) is 6.09. The average molecular weight is 272 g/mol. The highest BCUT2D eigenvalue weighted by molar-refractivity contribution is 5.57. The number of nitrogens with zero attached hydrogens (tertiary/aromatic N) is 1. The summed E-state index contributed by atoms with van der Waals surface area (Å²) in [6.07, 6.45) is 0.613. The fourth-order valence-corrected chi connectivity index (χ4v) is 2.06. The van der Waals surface area contributed by atoms with E-state index in [0.717, 1.165) is 16.8 Å². The fourth-order valence-electron chi connectivity index (χ4n) is 2.06. The summed E-state index contributed by atoms with van der Waals surface area (Å²) in [5, 5.41) is 10.6. The Kier molecular flexibility index (Phi) is 4.45. The Balaban J connectivity index is 2.17. The zero-order valence-corrected chi connectivity index (χ0v) is 11.3. The molecule has 20 heavy (non-hydrogen) atoms. The number of nitrogens with two attached hydrogens (primary N) is 3. The van der Waals surface area contributed by atoms with Crippen LogP contribution in [0.5, 0.6) is 0 Å². The van der Waals surface area contributed by atoms with Crippen molar-refractivity contribution in [3.63, 3.8) is 0 Å². The Hall–Kier alpha value is -2.24. The number of nitrogen functional groups attached to an aromatic ring is 2. The van der Waals surface area contributed by atoms with Crippen LogP contribution in [0.15, 0.2) is 42.5 Å². The van der Waals surface area contributed by atoms with Crippen LogP contribution in [0.4, 0.5) is 17.1 Å².